The van der Waals surface area contributed by atoms with Crippen LogP contribution >= 0.6 is 23.2 Å². The number of fused-ring (bicyclic) bond motifs is 5. The van der Waals surface area contributed by atoms with E-state index in [0.717, 1.165) is 17.0 Å². The minimum atomic E-state index is -0.287. The van der Waals surface area contributed by atoms with Gasteiger partial charge in [0.05, 0.1) is 35.2 Å². The smallest absolute Gasteiger partial charge is 0.254 e. The first-order valence-electron chi connectivity index (χ1n) is 10.3. The van der Waals surface area contributed by atoms with Gasteiger partial charge < -0.3 is 9.47 Å². The molecular formula is C24H20Cl2N2O4. The predicted molar refractivity (Wildman–Crippen MR) is 121 cm³/mol. The predicted octanol–water partition coefficient (Wildman–Crippen LogP) is 4.72. The van der Waals surface area contributed by atoms with Gasteiger partial charge >= 0.3 is 0 Å². The van der Waals surface area contributed by atoms with E-state index in [9.17, 15) is 9.59 Å². The van der Waals surface area contributed by atoms with Crippen molar-refractivity contribution in [1.29, 1.82) is 0 Å². The number of imide groups is 1. The number of benzene rings is 2. The third-order valence-corrected chi connectivity index (χ3v) is 7.09. The van der Waals surface area contributed by atoms with Gasteiger partial charge in [0.1, 0.15) is 6.61 Å². The van der Waals surface area contributed by atoms with Crippen molar-refractivity contribution in [3.8, 4) is 11.5 Å². The first-order valence-corrected chi connectivity index (χ1v) is 11.1. The van der Waals surface area contributed by atoms with Crippen molar-refractivity contribution in [2.75, 3.05) is 7.11 Å². The van der Waals surface area contributed by atoms with Gasteiger partial charge in [0.2, 0.25) is 0 Å². The Balaban J connectivity index is 1.38. The third-order valence-electron chi connectivity index (χ3n) is 6.36. The Morgan fingerprint density at radius 1 is 1.06 bits per heavy atom. The van der Waals surface area contributed by atoms with Crippen LogP contribution in [-0.2, 0) is 16.2 Å². The molecule has 32 heavy (non-hydrogen) atoms. The van der Waals surface area contributed by atoms with Gasteiger partial charge in [0.15, 0.2) is 11.5 Å². The Labute approximate surface area is 195 Å². The molecular weight excluding hydrogens is 451 g/mol. The fourth-order valence-corrected chi connectivity index (χ4v) is 5.18. The minimum absolute atomic E-state index is 0.142. The lowest BCUT2D eigenvalue weighted by Gasteiger charge is -2.14. The molecule has 1 saturated carbocycles. The van der Waals surface area contributed by atoms with Gasteiger partial charge in [-0.2, -0.15) is 10.1 Å². The van der Waals surface area contributed by atoms with E-state index in [-0.39, 0.29) is 42.1 Å². The summed E-state index contributed by atoms with van der Waals surface area (Å²) in [5.74, 6) is 0.212. The fourth-order valence-electron chi connectivity index (χ4n) is 4.85. The molecule has 2 aromatic rings. The molecule has 1 aliphatic heterocycles. The molecule has 0 radical (unpaired) electrons. The van der Waals surface area contributed by atoms with Crippen LogP contribution in [0.3, 0.4) is 0 Å². The SMILES string of the molecule is COc1cccc(C=NN2C(=O)C3C4C=CC(C4)C3C2=O)c1OCc1ccc(Cl)c(Cl)c1. The number of nitrogens with zero attached hydrogens (tertiary/aromatic N) is 2. The molecule has 1 saturated heterocycles. The Kier molecular flexibility index (Phi) is 5.43. The van der Waals surface area contributed by atoms with Gasteiger partial charge in [-0.25, -0.2) is 0 Å². The number of hydrogen-bond acceptors (Lipinski definition) is 5. The van der Waals surface area contributed by atoms with E-state index in [1.54, 1.807) is 37.4 Å². The fraction of sp³-hybridized carbons (Fsp3) is 0.292. The first kappa shape index (κ1) is 21.0. The summed E-state index contributed by atoms with van der Waals surface area (Å²) in [6.07, 6.45) is 6.47. The van der Waals surface area contributed by atoms with Gasteiger partial charge in [-0.3, -0.25) is 9.59 Å². The number of para-hydroxylation sites is 1. The molecule has 5 rings (SSSR count). The second kappa shape index (κ2) is 8.26. The zero-order valence-electron chi connectivity index (χ0n) is 17.2. The molecule has 0 N–H and O–H groups in total. The molecule has 2 fully saturated rings. The van der Waals surface area contributed by atoms with E-state index in [4.69, 9.17) is 32.7 Å². The van der Waals surface area contributed by atoms with Gasteiger partial charge in [0, 0.05) is 5.56 Å². The van der Waals surface area contributed by atoms with Crippen LogP contribution in [0.25, 0.3) is 0 Å². The molecule has 3 aliphatic rings. The van der Waals surface area contributed by atoms with E-state index in [1.165, 1.54) is 6.21 Å². The molecule has 4 unspecified atom stereocenters. The van der Waals surface area contributed by atoms with Crippen LogP contribution in [0.1, 0.15) is 17.5 Å². The zero-order valence-corrected chi connectivity index (χ0v) is 18.7. The van der Waals surface area contributed by atoms with Crippen molar-refractivity contribution in [3.63, 3.8) is 0 Å². The monoisotopic (exact) mass is 470 g/mol. The van der Waals surface area contributed by atoms with E-state index in [0.29, 0.717) is 27.1 Å². The standard InChI is InChI=1S/C24H20Cl2N2O4/c1-31-19-4-2-3-16(22(19)32-12-13-5-8-17(25)18(26)9-13)11-27-28-23(29)20-14-6-7-15(10-14)21(20)24(28)30/h2-9,11,14-15,20-21H,10,12H2,1H3. The molecule has 0 aromatic heterocycles. The second-order valence-electron chi connectivity index (χ2n) is 8.15. The lowest BCUT2D eigenvalue weighted by Crippen LogP contribution is -2.28. The number of carbonyl (C=O) groups is 2. The number of amides is 2. The first-order chi connectivity index (χ1) is 15.5. The Morgan fingerprint density at radius 3 is 2.44 bits per heavy atom. The Morgan fingerprint density at radius 2 is 1.78 bits per heavy atom. The summed E-state index contributed by atoms with van der Waals surface area (Å²) in [5.41, 5.74) is 1.41. The average molecular weight is 471 g/mol. The number of hydrazone groups is 1. The quantitative estimate of drug-likeness (QED) is 0.347. The van der Waals surface area contributed by atoms with E-state index < -0.39 is 0 Å². The van der Waals surface area contributed by atoms with E-state index in [2.05, 4.69) is 17.3 Å². The molecule has 1 heterocycles. The maximum atomic E-state index is 12.9. The minimum Gasteiger partial charge on any atom is -0.493 e. The molecule has 4 atom stereocenters. The summed E-state index contributed by atoms with van der Waals surface area (Å²) in [6.45, 7) is 0.221. The lowest BCUT2D eigenvalue weighted by atomic mass is 9.85. The van der Waals surface area contributed by atoms with Crippen LogP contribution in [-0.4, -0.2) is 30.1 Å². The molecule has 8 heteroatoms. The summed E-state index contributed by atoms with van der Waals surface area (Å²) < 4.78 is 11.5. The maximum Gasteiger partial charge on any atom is 0.254 e. The van der Waals surface area contributed by atoms with Crippen molar-refractivity contribution in [3.05, 3.63) is 69.7 Å². The molecule has 0 spiro atoms. The third kappa shape index (κ3) is 3.48. The van der Waals surface area contributed by atoms with Crippen molar-refractivity contribution in [2.24, 2.45) is 28.8 Å². The van der Waals surface area contributed by atoms with Crippen LogP contribution in [0.4, 0.5) is 0 Å². The van der Waals surface area contributed by atoms with Crippen LogP contribution in [0, 0.1) is 23.7 Å². The molecule has 2 amide bonds. The highest BCUT2D eigenvalue weighted by Crippen LogP contribution is 2.52. The molecule has 164 valence electrons. The summed E-state index contributed by atoms with van der Waals surface area (Å²) in [4.78, 5) is 25.7. The van der Waals surface area contributed by atoms with E-state index >= 15 is 0 Å². The molecule has 2 aromatic carbocycles. The molecule has 2 bridgehead atoms. The van der Waals surface area contributed by atoms with Crippen molar-refractivity contribution in [1.82, 2.24) is 5.01 Å². The van der Waals surface area contributed by atoms with Crippen LogP contribution in [0.2, 0.25) is 10.0 Å². The maximum absolute atomic E-state index is 12.9. The number of carbonyl (C=O) groups excluding carboxylic acids is 2. The number of ether oxygens (including phenoxy) is 2. The number of allylic oxidation sites excluding steroid dienone is 2. The number of hydrogen-bond donors (Lipinski definition) is 0. The average Bonchev–Trinajstić information content (AvgIpc) is 3.47. The van der Waals surface area contributed by atoms with Crippen molar-refractivity contribution in [2.45, 2.75) is 13.0 Å². The highest BCUT2D eigenvalue weighted by molar-refractivity contribution is 6.42. The number of methoxy groups -OCH3 is 1. The summed E-state index contributed by atoms with van der Waals surface area (Å²) in [7, 11) is 1.54. The summed E-state index contributed by atoms with van der Waals surface area (Å²) in [6, 6.07) is 10.6. The summed E-state index contributed by atoms with van der Waals surface area (Å²) in [5, 5.41) is 6.18. The van der Waals surface area contributed by atoms with E-state index in [1.807, 2.05) is 6.07 Å². The normalized spacial score (nSPS) is 25.8. The van der Waals surface area contributed by atoms with Crippen LogP contribution in [0.5, 0.6) is 11.5 Å². The Bertz CT molecular complexity index is 1130. The van der Waals surface area contributed by atoms with Gasteiger partial charge in [-0.05, 0) is 48.1 Å². The number of rotatable bonds is 6. The largest absolute Gasteiger partial charge is 0.493 e. The zero-order chi connectivity index (χ0) is 22.4. The van der Waals surface area contributed by atoms with Crippen molar-refractivity contribution < 1.29 is 19.1 Å². The highest BCUT2D eigenvalue weighted by atomic mass is 35.5. The second-order valence-corrected chi connectivity index (χ2v) is 8.96. The van der Waals surface area contributed by atoms with Crippen LogP contribution < -0.4 is 9.47 Å². The van der Waals surface area contributed by atoms with Gasteiger partial charge in [-0.1, -0.05) is 47.5 Å². The summed E-state index contributed by atoms with van der Waals surface area (Å²) >= 11 is 12.1. The van der Waals surface area contributed by atoms with Gasteiger partial charge in [0.25, 0.3) is 11.8 Å². The lowest BCUT2D eigenvalue weighted by molar-refractivity contribution is -0.140. The number of halogens is 2. The molecule has 6 nitrogen and oxygen atoms in total. The molecule has 2 aliphatic carbocycles. The topological polar surface area (TPSA) is 68.2 Å². The van der Waals surface area contributed by atoms with Crippen molar-refractivity contribution >= 4 is 41.2 Å². The Hall–Kier alpha value is -2.83. The highest BCUT2D eigenvalue weighted by Gasteiger charge is 2.59. The van der Waals surface area contributed by atoms with Gasteiger partial charge in [-0.15, -0.1) is 0 Å². The van der Waals surface area contributed by atoms with Crippen LogP contribution in [0.15, 0.2) is 53.7 Å².